The summed E-state index contributed by atoms with van der Waals surface area (Å²) in [6.45, 7) is -0.0432. The highest BCUT2D eigenvalue weighted by Gasteiger charge is 2.12. The van der Waals surface area contributed by atoms with Gasteiger partial charge >= 0.3 is 0 Å². The van der Waals surface area contributed by atoms with Crippen LogP contribution in [-0.4, -0.2) is 47.6 Å². The number of nitrogens with zero attached hydrogens (tertiary/aromatic N) is 2. The summed E-state index contributed by atoms with van der Waals surface area (Å²) in [5.41, 5.74) is 1.89. The average molecular weight is 351 g/mol. The number of amides is 2. The van der Waals surface area contributed by atoms with E-state index in [1.807, 2.05) is 24.3 Å². The van der Waals surface area contributed by atoms with E-state index in [0.717, 1.165) is 10.0 Å². The second kappa shape index (κ2) is 6.53. The lowest BCUT2D eigenvalue weighted by Crippen LogP contribution is -2.36. The maximum Gasteiger partial charge on any atom is 0.269 e. The summed E-state index contributed by atoms with van der Waals surface area (Å²) in [7, 11) is 3.27. The lowest BCUT2D eigenvalue weighted by Gasteiger charge is -2.10. The first-order valence-electron chi connectivity index (χ1n) is 6.27. The summed E-state index contributed by atoms with van der Waals surface area (Å²) in [4.78, 5) is 24.7. The molecule has 7 heteroatoms. The quantitative estimate of drug-likeness (QED) is 0.879. The van der Waals surface area contributed by atoms with Crippen molar-refractivity contribution in [1.29, 1.82) is 0 Å². The van der Waals surface area contributed by atoms with E-state index in [0.29, 0.717) is 11.4 Å². The van der Waals surface area contributed by atoms with Crippen LogP contribution < -0.4 is 5.32 Å². The fraction of sp³-hybridized carbons (Fsp3) is 0.214. The molecule has 0 aliphatic carbocycles. The molecule has 1 aromatic heterocycles. The number of likely N-dealkylation sites (N-methyl/N-ethyl adjacent to an activating group) is 1. The van der Waals surface area contributed by atoms with Crippen molar-refractivity contribution in [3.05, 3.63) is 40.5 Å². The van der Waals surface area contributed by atoms with Crippen molar-refractivity contribution >= 4 is 27.7 Å². The van der Waals surface area contributed by atoms with Crippen molar-refractivity contribution in [1.82, 2.24) is 20.4 Å². The van der Waals surface area contributed by atoms with Gasteiger partial charge in [0.05, 0.1) is 12.2 Å². The first-order valence-corrected chi connectivity index (χ1v) is 7.06. The van der Waals surface area contributed by atoms with Crippen molar-refractivity contribution in [2.75, 3.05) is 20.6 Å². The first kappa shape index (κ1) is 15.2. The minimum absolute atomic E-state index is 0.0432. The molecule has 0 radical (unpaired) electrons. The van der Waals surface area contributed by atoms with Crippen molar-refractivity contribution in [2.24, 2.45) is 0 Å². The molecule has 1 heterocycles. The Balaban J connectivity index is 2.04. The molecule has 110 valence electrons. The molecule has 0 bridgehead atoms. The van der Waals surface area contributed by atoms with Gasteiger partial charge in [-0.2, -0.15) is 5.10 Å². The molecule has 2 N–H and O–H groups in total. The maximum atomic E-state index is 11.9. The number of carbonyl (C=O) groups is 2. The number of carbonyl (C=O) groups excluding carboxylic acids is 2. The summed E-state index contributed by atoms with van der Waals surface area (Å²) in [5, 5.41) is 9.32. The highest BCUT2D eigenvalue weighted by molar-refractivity contribution is 9.10. The maximum absolute atomic E-state index is 11.9. The number of hydrogen-bond donors (Lipinski definition) is 2. The number of hydrogen-bond acceptors (Lipinski definition) is 3. The Morgan fingerprint density at radius 2 is 1.95 bits per heavy atom. The zero-order valence-electron chi connectivity index (χ0n) is 11.7. The predicted octanol–water partition coefficient (Wildman–Crippen LogP) is 1.66. The summed E-state index contributed by atoms with van der Waals surface area (Å²) < 4.78 is 0.974. The van der Waals surface area contributed by atoms with Gasteiger partial charge in [-0.1, -0.05) is 28.1 Å². The molecule has 0 atom stereocenters. The molecule has 0 aliphatic heterocycles. The number of rotatable bonds is 4. The number of nitrogens with one attached hydrogen (secondary N) is 2. The minimum Gasteiger partial charge on any atom is -0.347 e. The van der Waals surface area contributed by atoms with E-state index >= 15 is 0 Å². The number of aromatic nitrogens is 2. The van der Waals surface area contributed by atoms with Crippen LogP contribution in [0, 0.1) is 0 Å². The standard InChI is InChI=1S/C14H15BrN4O2/c1-19(2)13(20)8-16-14(21)12-7-11(17-18-12)9-3-5-10(15)6-4-9/h3-7H,8H2,1-2H3,(H,16,21)(H,17,18). The molecular weight excluding hydrogens is 336 g/mol. The third-order valence-electron chi connectivity index (χ3n) is 2.86. The van der Waals surface area contributed by atoms with Gasteiger partial charge in [0, 0.05) is 24.1 Å². The summed E-state index contributed by atoms with van der Waals surface area (Å²) >= 11 is 3.36. The van der Waals surface area contributed by atoms with Gasteiger partial charge in [0.1, 0.15) is 5.69 Å². The molecule has 0 saturated heterocycles. The third kappa shape index (κ3) is 3.91. The molecular formula is C14H15BrN4O2. The van der Waals surface area contributed by atoms with E-state index in [1.165, 1.54) is 4.90 Å². The van der Waals surface area contributed by atoms with Crippen LogP contribution in [0.15, 0.2) is 34.8 Å². The van der Waals surface area contributed by atoms with Crippen LogP contribution >= 0.6 is 15.9 Å². The molecule has 1 aromatic carbocycles. The predicted molar refractivity (Wildman–Crippen MR) is 82.8 cm³/mol. The van der Waals surface area contributed by atoms with E-state index in [2.05, 4.69) is 31.4 Å². The average Bonchev–Trinajstić information content (AvgIpc) is 2.94. The second-order valence-corrected chi connectivity index (χ2v) is 5.56. The lowest BCUT2D eigenvalue weighted by molar-refractivity contribution is -0.127. The smallest absolute Gasteiger partial charge is 0.269 e. The van der Waals surface area contributed by atoms with E-state index < -0.39 is 0 Å². The molecule has 0 fully saturated rings. The van der Waals surface area contributed by atoms with Crippen LogP contribution in [0.3, 0.4) is 0 Å². The van der Waals surface area contributed by atoms with E-state index in [4.69, 9.17) is 0 Å². The highest BCUT2D eigenvalue weighted by atomic mass is 79.9. The Bertz CT molecular complexity index is 649. The van der Waals surface area contributed by atoms with Gasteiger partial charge in [-0.25, -0.2) is 0 Å². The van der Waals surface area contributed by atoms with Gasteiger partial charge in [0.2, 0.25) is 5.91 Å². The summed E-state index contributed by atoms with van der Waals surface area (Å²) in [6, 6.07) is 9.26. The SMILES string of the molecule is CN(C)C(=O)CNC(=O)c1cc(-c2ccc(Br)cc2)n[nH]1. The van der Waals surface area contributed by atoms with Gasteiger partial charge in [-0.3, -0.25) is 14.7 Å². The van der Waals surface area contributed by atoms with Crippen LogP contribution in [0.1, 0.15) is 10.5 Å². The van der Waals surface area contributed by atoms with Crippen molar-refractivity contribution < 1.29 is 9.59 Å². The first-order chi connectivity index (χ1) is 9.97. The van der Waals surface area contributed by atoms with Crippen LogP contribution in [-0.2, 0) is 4.79 Å². The molecule has 0 unspecified atom stereocenters. The van der Waals surface area contributed by atoms with Gasteiger partial charge in [0.25, 0.3) is 5.91 Å². The number of benzene rings is 1. The normalized spacial score (nSPS) is 10.2. The third-order valence-corrected chi connectivity index (χ3v) is 3.39. The molecule has 0 spiro atoms. The Hall–Kier alpha value is -2.15. The van der Waals surface area contributed by atoms with Crippen molar-refractivity contribution in [3.63, 3.8) is 0 Å². The van der Waals surface area contributed by atoms with Crippen molar-refractivity contribution in [2.45, 2.75) is 0 Å². The summed E-state index contributed by atoms with van der Waals surface area (Å²) in [6.07, 6.45) is 0. The molecule has 21 heavy (non-hydrogen) atoms. The van der Waals surface area contributed by atoms with Gasteiger partial charge in [-0.05, 0) is 18.2 Å². The van der Waals surface area contributed by atoms with Gasteiger partial charge < -0.3 is 10.2 Å². The molecule has 0 saturated carbocycles. The van der Waals surface area contributed by atoms with Crippen LogP contribution in [0.2, 0.25) is 0 Å². The van der Waals surface area contributed by atoms with E-state index in [-0.39, 0.29) is 18.4 Å². The monoisotopic (exact) mass is 350 g/mol. The molecule has 2 aromatic rings. The van der Waals surface area contributed by atoms with Crippen LogP contribution in [0.25, 0.3) is 11.3 Å². The molecule has 6 nitrogen and oxygen atoms in total. The fourth-order valence-electron chi connectivity index (χ4n) is 1.62. The van der Waals surface area contributed by atoms with E-state index in [9.17, 15) is 9.59 Å². The second-order valence-electron chi connectivity index (χ2n) is 4.64. The zero-order valence-corrected chi connectivity index (χ0v) is 13.3. The number of H-pyrrole nitrogens is 1. The minimum atomic E-state index is -0.360. The van der Waals surface area contributed by atoms with Gasteiger partial charge in [-0.15, -0.1) is 0 Å². The fourth-order valence-corrected chi connectivity index (χ4v) is 1.88. The molecule has 0 aliphatic rings. The summed E-state index contributed by atoms with van der Waals surface area (Å²) in [5.74, 6) is -0.530. The number of halogens is 1. The highest BCUT2D eigenvalue weighted by Crippen LogP contribution is 2.20. The molecule has 2 rings (SSSR count). The Labute approximate surface area is 130 Å². The largest absolute Gasteiger partial charge is 0.347 e. The lowest BCUT2D eigenvalue weighted by atomic mass is 10.1. The van der Waals surface area contributed by atoms with Gasteiger partial charge in [0.15, 0.2) is 0 Å². The Kier molecular flexibility index (Phi) is 4.74. The van der Waals surface area contributed by atoms with Crippen LogP contribution in [0.4, 0.5) is 0 Å². The molecule has 2 amide bonds. The topological polar surface area (TPSA) is 78.1 Å². The Morgan fingerprint density at radius 3 is 2.57 bits per heavy atom. The van der Waals surface area contributed by atoms with Crippen LogP contribution in [0.5, 0.6) is 0 Å². The zero-order chi connectivity index (χ0) is 15.4. The Morgan fingerprint density at radius 1 is 1.29 bits per heavy atom. The van der Waals surface area contributed by atoms with Crippen molar-refractivity contribution in [3.8, 4) is 11.3 Å². The number of aromatic amines is 1. The van der Waals surface area contributed by atoms with E-state index in [1.54, 1.807) is 20.2 Å².